The number of sulfonamides is 1. The maximum Gasteiger partial charge on any atom is 0.337 e. The Kier molecular flexibility index (Phi) is 7.10. The number of carbonyl (C=O) groups excluding carboxylic acids is 1. The van der Waals surface area contributed by atoms with Crippen molar-refractivity contribution in [1.82, 2.24) is 9.21 Å². The summed E-state index contributed by atoms with van der Waals surface area (Å²) in [6.45, 7) is 2.56. The number of ether oxygens (including phenoxy) is 1. The zero-order chi connectivity index (χ0) is 22.6. The molecule has 0 unspecified atom stereocenters. The molecule has 1 aromatic carbocycles. The van der Waals surface area contributed by atoms with Gasteiger partial charge in [-0.05, 0) is 54.1 Å². The van der Waals surface area contributed by atoms with Gasteiger partial charge in [-0.1, -0.05) is 18.2 Å². The van der Waals surface area contributed by atoms with Crippen LogP contribution in [-0.2, 0) is 27.8 Å². The van der Waals surface area contributed by atoms with E-state index < -0.39 is 10.0 Å². The molecule has 4 rings (SSSR count). The fourth-order valence-electron chi connectivity index (χ4n) is 3.98. The first kappa shape index (κ1) is 22.7. The second-order valence-electron chi connectivity index (χ2n) is 7.76. The average molecular weight is 475 g/mol. The topological polar surface area (TPSA) is 80.1 Å². The van der Waals surface area contributed by atoms with Crippen LogP contribution in [0.25, 0.3) is 0 Å². The van der Waals surface area contributed by atoms with Crippen LogP contribution in [0.1, 0.15) is 34.5 Å². The van der Waals surface area contributed by atoms with Gasteiger partial charge in [-0.15, -0.1) is 11.3 Å². The van der Waals surface area contributed by atoms with Crippen LogP contribution in [0.4, 0.5) is 0 Å². The number of methoxy groups -OCH3 is 1. The molecule has 0 saturated carbocycles. The Morgan fingerprint density at radius 1 is 1.16 bits per heavy atom. The van der Waals surface area contributed by atoms with Gasteiger partial charge in [-0.2, -0.15) is 4.31 Å². The molecular weight excluding hydrogens is 448 g/mol. The predicted molar refractivity (Wildman–Crippen MR) is 122 cm³/mol. The number of carbonyl (C=O) groups is 1. The number of esters is 1. The van der Waals surface area contributed by atoms with Gasteiger partial charge in [0.05, 0.1) is 25.5 Å². The van der Waals surface area contributed by atoms with Gasteiger partial charge in [0.25, 0.3) is 10.0 Å². The number of rotatable bonds is 8. The summed E-state index contributed by atoms with van der Waals surface area (Å²) in [5.74, 6) is 0.291. The van der Waals surface area contributed by atoms with Gasteiger partial charge in [-0.3, -0.25) is 4.90 Å². The number of hydrogen-bond acceptors (Lipinski definition) is 7. The third-order valence-corrected chi connectivity index (χ3v) is 8.97. The van der Waals surface area contributed by atoms with E-state index in [1.807, 2.05) is 18.2 Å². The molecule has 0 bridgehead atoms. The van der Waals surface area contributed by atoms with Crippen molar-refractivity contribution in [3.8, 4) is 0 Å². The first-order valence-corrected chi connectivity index (χ1v) is 12.8. The monoisotopic (exact) mass is 474 g/mol. The SMILES string of the molecule is COC(=O)c1ccc(CN2CCC(N(Cc3ccco3)S(=O)(=O)c3cccs3)CC2)cc1. The van der Waals surface area contributed by atoms with Crippen LogP contribution in [0.2, 0.25) is 0 Å². The quantitative estimate of drug-likeness (QED) is 0.460. The normalized spacial score (nSPS) is 15.8. The van der Waals surface area contributed by atoms with Crippen molar-refractivity contribution in [1.29, 1.82) is 0 Å². The summed E-state index contributed by atoms with van der Waals surface area (Å²) in [6, 6.07) is 14.3. The molecule has 0 radical (unpaired) electrons. The Hall–Kier alpha value is -2.46. The van der Waals surface area contributed by atoms with Crippen molar-refractivity contribution in [2.75, 3.05) is 20.2 Å². The number of benzene rings is 1. The Labute approximate surface area is 192 Å². The minimum Gasteiger partial charge on any atom is -0.468 e. The summed E-state index contributed by atoms with van der Waals surface area (Å²) in [4.78, 5) is 13.9. The van der Waals surface area contributed by atoms with Crippen LogP contribution in [0.15, 0.2) is 68.8 Å². The van der Waals surface area contributed by atoms with E-state index in [4.69, 9.17) is 9.15 Å². The van der Waals surface area contributed by atoms with E-state index >= 15 is 0 Å². The molecule has 1 saturated heterocycles. The molecule has 7 nitrogen and oxygen atoms in total. The molecule has 0 amide bonds. The van der Waals surface area contributed by atoms with Crippen LogP contribution in [0.5, 0.6) is 0 Å². The number of piperidine rings is 1. The number of hydrogen-bond donors (Lipinski definition) is 0. The molecule has 3 aromatic rings. The first-order valence-electron chi connectivity index (χ1n) is 10.4. The van der Waals surface area contributed by atoms with Gasteiger partial charge in [0.15, 0.2) is 0 Å². The molecule has 1 aliphatic rings. The minimum atomic E-state index is -3.60. The van der Waals surface area contributed by atoms with Crippen LogP contribution in [-0.4, -0.2) is 49.8 Å². The average Bonchev–Trinajstić information content (AvgIpc) is 3.53. The minimum absolute atomic E-state index is 0.0925. The Morgan fingerprint density at radius 2 is 1.91 bits per heavy atom. The van der Waals surface area contributed by atoms with Crippen molar-refractivity contribution in [2.24, 2.45) is 0 Å². The number of nitrogens with zero attached hydrogens (tertiary/aromatic N) is 2. The maximum atomic E-state index is 13.3. The summed E-state index contributed by atoms with van der Waals surface area (Å²) in [5, 5.41) is 1.78. The lowest BCUT2D eigenvalue weighted by Crippen LogP contribution is -2.46. The van der Waals surface area contributed by atoms with Crippen molar-refractivity contribution >= 4 is 27.3 Å². The fraction of sp³-hybridized carbons (Fsp3) is 0.348. The van der Waals surface area contributed by atoms with Crippen LogP contribution in [0.3, 0.4) is 0 Å². The van der Waals surface area contributed by atoms with Crippen molar-refractivity contribution < 1.29 is 22.4 Å². The van der Waals surface area contributed by atoms with Crippen LogP contribution in [0, 0.1) is 0 Å². The van der Waals surface area contributed by atoms with E-state index in [-0.39, 0.29) is 18.6 Å². The lowest BCUT2D eigenvalue weighted by molar-refractivity contribution is 0.0600. The molecular formula is C23H26N2O5S2. The standard InChI is InChI=1S/C23H26N2O5S2/c1-29-23(26)19-8-6-18(7-9-19)16-24-12-10-20(11-13-24)25(17-21-4-2-14-30-21)32(27,28)22-5-3-15-31-22/h2-9,14-15,20H,10-13,16-17H2,1H3. The molecule has 170 valence electrons. The Morgan fingerprint density at radius 3 is 2.50 bits per heavy atom. The third kappa shape index (κ3) is 5.12. The molecule has 0 spiro atoms. The van der Waals surface area contributed by atoms with E-state index in [0.29, 0.717) is 15.5 Å². The van der Waals surface area contributed by atoms with Gasteiger partial charge in [0, 0.05) is 25.7 Å². The first-order chi connectivity index (χ1) is 15.5. The van der Waals surface area contributed by atoms with E-state index in [1.54, 1.807) is 46.3 Å². The molecule has 0 aliphatic carbocycles. The zero-order valence-corrected chi connectivity index (χ0v) is 19.5. The highest BCUT2D eigenvalue weighted by atomic mass is 32.2. The Balaban J connectivity index is 1.42. The van der Waals surface area contributed by atoms with Gasteiger partial charge >= 0.3 is 5.97 Å². The summed E-state index contributed by atoms with van der Waals surface area (Å²) in [5.41, 5.74) is 1.64. The molecule has 1 aliphatic heterocycles. The molecule has 2 aromatic heterocycles. The number of furan rings is 1. The molecule has 32 heavy (non-hydrogen) atoms. The molecule has 9 heteroatoms. The highest BCUT2D eigenvalue weighted by molar-refractivity contribution is 7.91. The van der Waals surface area contributed by atoms with E-state index in [1.165, 1.54) is 18.4 Å². The number of likely N-dealkylation sites (tertiary alicyclic amines) is 1. The predicted octanol–water partition coefficient (Wildman–Crippen LogP) is 3.98. The fourth-order valence-corrected chi connectivity index (χ4v) is 6.75. The van der Waals surface area contributed by atoms with E-state index in [9.17, 15) is 13.2 Å². The molecule has 0 N–H and O–H groups in total. The zero-order valence-electron chi connectivity index (χ0n) is 17.8. The van der Waals surface area contributed by atoms with Gasteiger partial charge in [0.1, 0.15) is 9.97 Å². The lowest BCUT2D eigenvalue weighted by Gasteiger charge is -2.37. The second kappa shape index (κ2) is 9.99. The molecule has 1 fully saturated rings. The second-order valence-corrected chi connectivity index (χ2v) is 10.8. The van der Waals surface area contributed by atoms with E-state index in [0.717, 1.165) is 38.0 Å². The van der Waals surface area contributed by atoms with Crippen molar-refractivity contribution in [3.63, 3.8) is 0 Å². The largest absolute Gasteiger partial charge is 0.468 e. The van der Waals surface area contributed by atoms with Crippen LogP contribution >= 0.6 is 11.3 Å². The van der Waals surface area contributed by atoms with Crippen molar-refractivity contribution in [3.05, 3.63) is 77.1 Å². The summed E-state index contributed by atoms with van der Waals surface area (Å²) < 4.78 is 38.8. The van der Waals surface area contributed by atoms with E-state index in [2.05, 4.69) is 4.90 Å². The van der Waals surface area contributed by atoms with Crippen LogP contribution < -0.4 is 0 Å². The molecule has 0 atom stereocenters. The maximum absolute atomic E-state index is 13.3. The highest BCUT2D eigenvalue weighted by Crippen LogP contribution is 2.29. The van der Waals surface area contributed by atoms with Gasteiger partial charge in [0.2, 0.25) is 0 Å². The smallest absolute Gasteiger partial charge is 0.337 e. The van der Waals surface area contributed by atoms with Gasteiger partial charge in [-0.25, -0.2) is 13.2 Å². The Bertz CT molecular complexity index is 1100. The summed E-state index contributed by atoms with van der Waals surface area (Å²) in [7, 11) is -2.23. The lowest BCUT2D eigenvalue weighted by atomic mass is 10.0. The number of thiophene rings is 1. The highest BCUT2D eigenvalue weighted by Gasteiger charge is 2.35. The summed E-state index contributed by atoms with van der Waals surface area (Å²) in [6.07, 6.45) is 3.05. The summed E-state index contributed by atoms with van der Waals surface area (Å²) >= 11 is 1.24. The van der Waals surface area contributed by atoms with Crippen molar-refractivity contribution in [2.45, 2.75) is 36.2 Å². The third-order valence-electron chi connectivity index (χ3n) is 5.70. The van der Waals surface area contributed by atoms with Gasteiger partial charge < -0.3 is 9.15 Å². The molecule has 3 heterocycles.